The molecule has 26 heavy (non-hydrogen) atoms. The van der Waals surface area contributed by atoms with Crippen LogP contribution in [0.15, 0.2) is 53.3 Å². The fourth-order valence-corrected chi connectivity index (χ4v) is 2.89. The number of nitrogens with zero attached hydrogens (tertiary/aromatic N) is 2. The molecule has 0 N–H and O–H groups in total. The number of para-hydroxylation sites is 1. The fourth-order valence-electron chi connectivity index (χ4n) is 2.89. The van der Waals surface area contributed by atoms with E-state index in [0.29, 0.717) is 24.5 Å². The maximum absolute atomic E-state index is 12.2. The van der Waals surface area contributed by atoms with E-state index in [4.69, 9.17) is 18.6 Å². The Morgan fingerprint density at radius 2 is 2.08 bits per heavy atom. The molecule has 0 aliphatic carbocycles. The van der Waals surface area contributed by atoms with Crippen molar-refractivity contribution in [3.8, 4) is 11.5 Å². The zero-order chi connectivity index (χ0) is 17.9. The second-order valence-corrected chi connectivity index (χ2v) is 5.90. The summed E-state index contributed by atoms with van der Waals surface area (Å²) in [7, 11) is 1.61. The zero-order valence-electron chi connectivity index (χ0n) is 14.3. The molecule has 0 spiro atoms. The van der Waals surface area contributed by atoms with Gasteiger partial charge in [0.05, 0.1) is 13.7 Å². The number of fused-ring (bicyclic) bond motifs is 1. The van der Waals surface area contributed by atoms with E-state index < -0.39 is 0 Å². The van der Waals surface area contributed by atoms with E-state index in [-0.39, 0.29) is 18.6 Å². The van der Waals surface area contributed by atoms with E-state index in [0.717, 1.165) is 17.0 Å². The van der Waals surface area contributed by atoms with Gasteiger partial charge in [-0.25, -0.2) is 4.98 Å². The third-order valence-electron chi connectivity index (χ3n) is 4.26. The molecule has 1 atom stereocenters. The lowest BCUT2D eigenvalue weighted by molar-refractivity contribution is -0.130. The number of rotatable bonds is 5. The minimum atomic E-state index is -0.243. The van der Waals surface area contributed by atoms with Gasteiger partial charge < -0.3 is 23.5 Å². The van der Waals surface area contributed by atoms with Gasteiger partial charge in [-0.2, -0.15) is 0 Å². The lowest BCUT2D eigenvalue weighted by atomic mass is 10.2. The van der Waals surface area contributed by atoms with Crippen LogP contribution in [-0.2, 0) is 9.53 Å². The third kappa shape index (κ3) is 3.21. The number of anilines is 1. The Bertz CT molecular complexity index is 906. The van der Waals surface area contributed by atoms with Crippen molar-refractivity contribution >= 4 is 22.7 Å². The predicted molar refractivity (Wildman–Crippen MR) is 94.6 cm³/mol. The summed E-state index contributed by atoms with van der Waals surface area (Å²) in [6, 6.07) is 12.9. The molecule has 4 rings (SSSR count). The predicted octanol–water partition coefficient (Wildman–Crippen LogP) is 2.65. The standard InChI is InChI=1S/C19H18N2O5/c1-23-14-7-5-13(6-8-14)21-9-15(24-11-18(21)22)10-25-17-4-2-3-16-19(17)26-12-20-16/h2-8,12,15H,9-11H2,1H3. The smallest absolute Gasteiger partial charge is 0.253 e. The van der Waals surface area contributed by atoms with E-state index in [9.17, 15) is 4.79 Å². The molecule has 2 heterocycles. The van der Waals surface area contributed by atoms with Crippen LogP contribution in [0.1, 0.15) is 0 Å². The molecule has 1 fully saturated rings. The second kappa shape index (κ2) is 7.05. The van der Waals surface area contributed by atoms with E-state index >= 15 is 0 Å². The molecular weight excluding hydrogens is 336 g/mol. The van der Waals surface area contributed by atoms with Gasteiger partial charge in [0.1, 0.15) is 30.6 Å². The monoisotopic (exact) mass is 354 g/mol. The Balaban J connectivity index is 1.44. The molecule has 1 amide bonds. The number of ether oxygens (including phenoxy) is 3. The number of hydrogen-bond donors (Lipinski definition) is 0. The number of methoxy groups -OCH3 is 1. The highest BCUT2D eigenvalue weighted by Crippen LogP contribution is 2.26. The minimum Gasteiger partial charge on any atom is -0.497 e. The first-order valence-electron chi connectivity index (χ1n) is 8.25. The van der Waals surface area contributed by atoms with Crippen molar-refractivity contribution in [1.29, 1.82) is 0 Å². The number of hydrogen-bond acceptors (Lipinski definition) is 6. The van der Waals surface area contributed by atoms with Crippen LogP contribution in [0.3, 0.4) is 0 Å². The normalized spacial score (nSPS) is 17.5. The van der Waals surface area contributed by atoms with Crippen LogP contribution in [0.4, 0.5) is 5.69 Å². The number of amides is 1. The van der Waals surface area contributed by atoms with Gasteiger partial charge in [0.2, 0.25) is 0 Å². The topological polar surface area (TPSA) is 74.0 Å². The number of carbonyl (C=O) groups is 1. The summed E-state index contributed by atoms with van der Waals surface area (Å²) in [6.45, 7) is 0.740. The first-order valence-corrected chi connectivity index (χ1v) is 8.25. The van der Waals surface area contributed by atoms with E-state index in [1.54, 1.807) is 12.0 Å². The van der Waals surface area contributed by atoms with Crippen LogP contribution in [0.5, 0.6) is 11.5 Å². The molecule has 2 aromatic carbocycles. The van der Waals surface area contributed by atoms with Gasteiger partial charge in [0.25, 0.3) is 5.91 Å². The van der Waals surface area contributed by atoms with Gasteiger partial charge in [-0.1, -0.05) is 6.07 Å². The van der Waals surface area contributed by atoms with Crippen molar-refractivity contribution in [2.75, 3.05) is 31.8 Å². The molecule has 1 aromatic heterocycles. The van der Waals surface area contributed by atoms with Crippen molar-refractivity contribution in [3.05, 3.63) is 48.9 Å². The van der Waals surface area contributed by atoms with Crippen LogP contribution < -0.4 is 14.4 Å². The molecule has 134 valence electrons. The summed E-state index contributed by atoms with van der Waals surface area (Å²) in [5.41, 5.74) is 2.15. The average molecular weight is 354 g/mol. The third-order valence-corrected chi connectivity index (χ3v) is 4.26. The highest BCUT2D eigenvalue weighted by molar-refractivity contribution is 5.95. The molecule has 7 heteroatoms. The maximum Gasteiger partial charge on any atom is 0.253 e. The molecule has 7 nitrogen and oxygen atoms in total. The van der Waals surface area contributed by atoms with E-state index in [2.05, 4.69) is 4.98 Å². The van der Waals surface area contributed by atoms with Gasteiger partial charge >= 0.3 is 0 Å². The lowest BCUT2D eigenvalue weighted by Crippen LogP contribution is -2.48. The molecule has 1 aliphatic rings. The van der Waals surface area contributed by atoms with Gasteiger partial charge in [-0.05, 0) is 36.4 Å². The molecule has 0 saturated carbocycles. The van der Waals surface area contributed by atoms with Crippen molar-refractivity contribution in [3.63, 3.8) is 0 Å². The Hall–Kier alpha value is -3.06. The first kappa shape index (κ1) is 16.4. The van der Waals surface area contributed by atoms with Crippen LogP contribution in [-0.4, -0.2) is 43.9 Å². The molecule has 3 aromatic rings. The number of benzene rings is 2. The summed E-state index contributed by atoms with van der Waals surface area (Å²) < 4.78 is 22.0. The maximum atomic E-state index is 12.2. The highest BCUT2D eigenvalue weighted by Gasteiger charge is 2.28. The Morgan fingerprint density at radius 3 is 2.88 bits per heavy atom. The Morgan fingerprint density at radius 1 is 1.23 bits per heavy atom. The average Bonchev–Trinajstić information content (AvgIpc) is 3.17. The lowest BCUT2D eigenvalue weighted by Gasteiger charge is -2.32. The molecule has 1 aliphatic heterocycles. The van der Waals surface area contributed by atoms with Crippen molar-refractivity contribution < 1.29 is 23.4 Å². The van der Waals surface area contributed by atoms with Crippen molar-refractivity contribution in [2.24, 2.45) is 0 Å². The number of aromatic nitrogens is 1. The minimum absolute atomic E-state index is 0.0204. The number of morpholine rings is 1. The van der Waals surface area contributed by atoms with Gasteiger partial charge in [0.15, 0.2) is 17.7 Å². The summed E-state index contributed by atoms with van der Waals surface area (Å²) in [6.07, 6.45) is 1.15. The molecular formula is C19H18N2O5. The van der Waals surface area contributed by atoms with Crippen LogP contribution in [0.25, 0.3) is 11.1 Å². The summed E-state index contributed by atoms with van der Waals surface area (Å²) in [5, 5.41) is 0. The highest BCUT2D eigenvalue weighted by atomic mass is 16.5. The van der Waals surface area contributed by atoms with Crippen molar-refractivity contribution in [2.45, 2.75) is 6.10 Å². The van der Waals surface area contributed by atoms with E-state index in [1.165, 1.54) is 6.39 Å². The van der Waals surface area contributed by atoms with Crippen molar-refractivity contribution in [1.82, 2.24) is 4.98 Å². The summed E-state index contributed by atoms with van der Waals surface area (Å²) >= 11 is 0. The number of carbonyl (C=O) groups excluding carboxylic acids is 1. The molecule has 1 unspecified atom stereocenters. The van der Waals surface area contributed by atoms with Crippen LogP contribution >= 0.6 is 0 Å². The van der Waals surface area contributed by atoms with Gasteiger partial charge in [-0.3, -0.25) is 4.79 Å². The largest absolute Gasteiger partial charge is 0.497 e. The molecule has 0 radical (unpaired) electrons. The zero-order valence-corrected chi connectivity index (χ0v) is 14.3. The quantitative estimate of drug-likeness (QED) is 0.701. The summed E-state index contributed by atoms with van der Waals surface area (Å²) in [4.78, 5) is 18.0. The number of oxazole rings is 1. The SMILES string of the molecule is COc1ccc(N2CC(COc3cccc4ncoc34)OCC2=O)cc1. The first-order chi connectivity index (χ1) is 12.7. The van der Waals surface area contributed by atoms with Crippen LogP contribution in [0.2, 0.25) is 0 Å². The van der Waals surface area contributed by atoms with Gasteiger partial charge in [0, 0.05) is 5.69 Å². The van der Waals surface area contributed by atoms with Crippen LogP contribution in [0, 0.1) is 0 Å². The second-order valence-electron chi connectivity index (χ2n) is 5.90. The Kier molecular flexibility index (Phi) is 4.45. The van der Waals surface area contributed by atoms with E-state index in [1.807, 2.05) is 42.5 Å². The molecule has 1 saturated heterocycles. The summed E-state index contributed by atoms with van der Waals surface area (Å²) in [5.74, 6) is 1.27. The Labute approximate surface area is 150 Å². The fraction of sp³-hybridized carbons (Fsp3) is 0.263. The molecule has 0 bridgehead atoms. The van der Waals surface area contributed by atoms with Gasteiger partial charge in [-0.15, -0.1) is 0 Å².